The van der Waals surface area contributed by atoms with Crippen molar-refractivity contribution in [1.82, 2.24) is 0 Å². The lowest BCUT2D eigenvalue weighted by atomic mass is 9.83. The Bertz CT molecular complexity index is 285. The van der Waals surface area contributed by atoms with Crippen LogP contribution in [0.25, 0.3) is 0 Å². The summed E-state index contributed by atoms with van der Waals surface area (Å²) < 4.78 is 10.4. The lowest BCUT2D eigenvalue weighted by Crippen LogP contribution is -2.24. The Morgan fingerprint density at radius 1 is 1.44 bits per heavy atom. The van der Waals surface area contributed by atoms with Gasteiger partial charge in [-0.25, -0.2) is 0 Å². The van der Waals surface area contributed by atoms with Crippen LogP contribution in [0.4, 0.5) is 0 Å². The zero-order valence-electron chi connectivity index (χ0n) is 9.76. The number of aliphatic hydroxyl groups excluding tert-OH is 1. The van der Waals surface area contributed by atoms with Gasteiger partial charge in [-0.1, -0.05) is 24.3 Å². The SMILES string of the molecule is COCOC[C@@]1(C2C=CC=CC2)C[C@H]1CO. The molecule has 3 atom stereocenters. The maximum absolute atomic E-state index is 9.30. The average molecular weight is 224 g/mol. The van der Waals surface area contributed by atoms with Crippen LogP contribution in [0.1, 0.15) is 12.8 Å². The number of hydrogen-bond acceptors (Lipinski definition) is 3. The molecule has 2 aliphatic carbocycles. The van der Waals surface area contributed by atoms with E-state index in [1.807, 2.05) is 0 Å². The summed E-state index contributed by atoms with van der Waals surface area (Å²) in [6.07, 6.45) is 10.7. The molecule has 2 aliphatic rings. The van der Waals surface area contributed by atoms with Crippen LogP contribution in [-0.2, 0) is 9.47 Å². The first-order valence-electron chi connectivity index (χ1n) is 5.84. The third kappa shape index (κ3) is 2.21. The van der Waals surface area contributed by atoms with Crippen molar-refractivity contribution < 1.29 is 14.6 Å². The van der Waals surface area contributed by atoms with Gasteiger partial charge in [0, 0.05) is 19.1 Å². The minimum absolute atomic E-state index is 0.147. The predicted octanol–water partition coefficient (Wildman–Crippen LogP) is 1.74. The van der Waals surface area contributed by atoms with Crippen LogP contribution in [0.2, 0.25) is 0 Å². The fourth-order valence-corrected chi connectivity index (χ4v) is 2.71. The minimum Gasteiger partial charge on any atom is -0.396 e. The third-order valence-corrected chi connectivity index (χ3v) is 3.79. The normalized spacial score (nSPS) is 36.6. The number of methoxy groups -OCH3 is 1. The lowest BCUT2D eigenvalue weighted by molar-refractivity contribution is -0.0565. The van der Waals surface area contributed by atoms with Gasteiger partial charge in [-0.3, -0.25) is 0 Å². The second-order valence-electron chi connectivity index (χ2n) is 4.73. The minimum atomic E-state index is 0.147. The molecule has 0 heterocycles. The highest BCUT2D eigenvalue weighted by molar-refractivity contribution is 5.19. The molecule has 1 N–H and O–H groups in total. The Balaban J connectivity index is 1.94. The maximum atomic E-state index is 9.30. The molecule has 1 saturated carbocycles. The van der Waals surface area contributed by atoms with Crippen molar-refractivity contribution in [3.8, 4) is 0 Å². The van der Waals surface area contributed by atoms with Crippen LogP contribution in [0.5, 0.6) is 0 Å². The molecule has 1 unspecified atom stereocenters. The quantitative estimate of drug-likeness (QED) is 0.551. The van der Waals surface area contributed by atoms with Crippen molar-refractivity contribution in [2.45, 2.75) is 12.8 Å². The topological polar surface area (TPSA) is 38.7 Å². The molecule has 0 bridgehead atoms. The van der Waals surface area contributed by atoms with E-state index in [4.69, 9.17) is 9.47 Å². The van der Waals surface area contributed by atoms with Crippen LogP contribution in [-0.4, -0.2) is 32.2 Å². The molecule has 0 aromatic heterocycles. The molecule has 0 aromatic rings. The summed E-state index contributed by atoms with van der Waals surface area (Å²) >= 11 is 0. The van der Waals surface area contributed by atoms with Gasteiger partial charge in [0.15, 0.2) is 0 Å². The summed E-state index contributed by atoms with van der Waals surface area (Å²) in [4.78, 5) is 0. The second kappa shape index (κ2) is 5.13. The zero-order valence-corrected chi connectivity index (χ0v) is 9.76. The number of hydrogen-bond donors (Lipinski definition) is 1. The number of rotatable bonds is 6. The largest absolute Gasteiger partial charge is 0.396 e. The summed E-state index contributed by atoms with van der Waals surface area (Å²) in [5, 5.41) is 9.30. The Morgan fingerprint density at radius 2 is 2.31 bits per heavy atom. The molecule has 0 saturated heterocycles. The molecule has 0 spiro atoms. The first-order chi connectivity index (χ1) is 7.83. The van der Waals surface area contributed by atoms with Gasteiger partial charge in [0.05, 0.1) is 6.61 Å². The molecule has 0 amide bonds. The molecule has 3 heteroatoms. The van der Waals surface area contributed by atoms with Crippen molar-refractivity contribution in [3.63, 3.8) is 0 Å². The molecule has 2 rings (SSSR count). The van der Waals surface area contributed by atoms with E-state index in [-0.39, 0.29) is 12.0 Å². The van der Waals surface area contributed by atoms with Crippen molar-refractivity contribution in [1.29, 1.82) is 0 Å². The summed E-state index contributed by atoms with van der Waals surface area (Å²) in [5.74, 6) is 0.900. The second-order valence-corrected chi connectivity index (χ2v) is 4.73. The van der Waals surface area contributed by atoms with Gasteiger partial charge in [-0.2, -0.15) is 0 Å². The van der Waals surface area contributed by atoms with E-state index in [1.165, 1.54) is 0 Å². The van der Waals surface area contributed by atoms with Gasteiger partial charge in [-0.05, 0) is 24.7 Å². The molecule has 0 aromatic carbocycles. The van der Waals surface area contributed by atoms with Gasteiger partial charge >= 0.3 is 0 Å². The van der Waals surface area contributed by atoms with Crippen molar-refractivity contribution >= 4 is 0 Å². The van der Waals surface area contributed by atoms with Crippen molar-refractivity contribution in [2.75, 3.05) is 27.1 Å². The monoisotopic (exact) mass is 224 g/mol. The first kappa shape index (κ1) is 11.8. The maximum Gasteiger partial charge on any atom is 0.146 e. The molecular formula is C13H20O3. The van der Waals surface area contributed by atoms with Gasteiger partial charge < -0.3 is 14.6 Å². The lowest BCUT2D eigenvalue weighted by Gasteiger charge is -2.26. The van der Waals surface area contributed by atoms with Gasteiger partial charge in [-0.15, -0.1) is 0 Å². The summed E-state index contributed by atoms with van der Waals surface area (Å²) in [5.41, 5.74) is 0.147. The highest BCUT2D eigenvalue weighted by atomic mass is 16.7. The van der Waals surface area contributed by atoms with Gasteiger partial charge in [0.2, 0.25) is 0 Å². The molecule has 1 fully saturated rings. The van der Waals surface area contributed by atoms with Crippen LogP contribution in [0.3, 0.4) is 0 Å². The van der Waals surface area contributed by atoms with E-state index in [1.54, 1.807) is 7.11 Å². The fourth-order valence-electron chi connectivity index (χ4n) is 2.71. The van der Waals surface area contributed by atoms with E-state index >= 15 is 0 Å². The van der Waals surface area contributed by atoms with Crippen LogP contribution >= 0.6 is 0 Å². The average Bonchev–Trinajstić information content (AvgIpc) is 3.06. The summed E-state index contributed by atoms with van der Waals surface area (Å²) in [7, 11) is 1.63. The molecule has 90 valence electrons. The van der Waals surface area contributed by atoms with E-state index in [9.17, 15) is 5.11 Å². The molecular weight excluding hydrogens is 204 g/mol. The van der Waals surface area contributed by atoms with Crippen molar-refractivity contribution in [3.05, 3.63) is 24.3 Å². The smallest absolute Gasteiger partial charge is 0.146 e. The van der Waals surface area contributed by atoms with Crippen LogP contribution < -0.4 is 0 Å². The van der Waals surface area contributed by atoms with Gasteiger partial charge in [0.1, 0.15) is 6.79 Å². The number of ether oxygens (including phenoxy) is 2. The molecule has 0 radical (unpaired) electrons. The first-order valence-corrected chi connectivity index (χ1v) is 5.84. The van der Waals surface area contributed by atoms with Crippen LogP contribution in [0.15, 0.2) is 24.3 Å². The van der Waals surface area contributed by atoms with Crippen LogP contribution in [0, 0.1) is 17.3 Å². The Morgan fingerprint density at radius 3 is 2.88 bits per heavy atom. The van der Waals surface area contributed by atoms with Crippen molar-refractivity contribution in [2.24, 2.45) is 17.3 Å². The Kier molecular flexibility index (Phi) is 3.79. The summed E-state index contributed by atoms with van der Waals surface area (Å²) in [6.45, 7) is 1.30. The fraction of sp³-hybridized carbons (Fsp3) is 0.692. The standard InChI is InChI=1S/C13H20O3/c1-15-10-16-9-13(7-12(13)8-14)11-5-3-2-4-6-11/h2-5,11-12,14H,6-10H2,1H3/t11?,12-,13+/m0/s1. The zero-order chi connectivity index (χ0) is 11.4. The van der Waals surface area contributed by atoms with E-state index in [0.29, 0.717) is 25.2 Å². The highest BCUT2D eigenvalue weighted by Crippen LogP contribution is 2.59. The molecule has 3 nitrogen and oxygen atoms in total. The third-order valence-electron chi connectivity index (χ3n) is 3.79. The number of aliphatic hydroxyl groups is 1. The predicted molar refractivity (Wildman–Crippen MR) is 61.8 cm³/mol. The molecule has 0 aliphatic heterocycles. The van der Waals surface area contributed by atoms with E-state index in [0.717, 1.165) is 12.8 Å². The van der Waals surface area contributed by atoms with E-state index < -0.39 is 0 Å². The summed E-state index contributed by atoms with van der Waals surface area (Å²) in [6, 6.07) is 0. The Hall–Kier alpha value is -0.640. The van der Waals surface area contributed by atoms with E-state index in [2.05, 4.69) is 24.3 Å². The van der Waals surface area contributed by atoms with Gasteiger partial charge in [0.25, 0.3) is 0 Å². The number of allylic oxidation sites excluding steroid dienone is 4. The highest BCUT2D eigenvalue weighted by Gasteiger charge is 2.57. The Labute approximate surface area is 96.7 Å². The molecule has 16 heavy (non-hydrogen) atoms.